The van der Waals surface area contributed by atoms with Gasteiger partial charge in [-0.15, -0.1) is 5.10 Å². The lowest BCUT2D eigenvalue weighted by atomic mass is 10.1. The molecule has 1 aromatic carbocycles. The van der Waals surface area contributed by atoms with Gasteiger partial charge in [-0.1, -0.05) is 0 Å². The smallest absolute Gasteiger partial charge is 0.331 e. The minimum absolute atomic E-state index is 0.0924. The van der Waals surface area contributed by atoms with Gasteiger partial charge in [-0.25, -0.2) is 4.79 Å². The maximum Gasteiger partial charge on any atom is 0.331 e. The highest BCUT2D eigenvalue weighted by atomic mass is 32.2. The molecule has 1 fully saturated rings. The number of nitro groups is 1. The highest BCUT2D eigenvalue weighted by Gasteiger charge is 2.25. The highest BCUT2D eigenvalue weighted by Crippen LogP contribution is 2.30. The molecule has 1 heterocycles. The van der Waals surface area contributed by atoms with Crippen LogP contribution in [0.25, 0.3) is 0 Å². The van der Waals surface area contributed by atoms with Crippen LogP contribution in [0.15, 0.2) is 33.3 Å². The van der Waals surface area contributed by atoms with Gasteiger partial charge in [0.1, 0.15) is 0 Å². The Morgan fingerprint density at radius 2 is 2.20 bits per heavy atom. The Balaban J connectivity index is 2.20. The van der Waals surface area contributed by atoms with Gasteiger partial charge in [0.2, 0.25) is 5.75 Å². The van der Waals surface area contributed by atoms with Crippen molar-refractivity contribution in [2.24, 2.45) is 10.2 Å². The molecule has 0 aromatic heterocycles. The minimum atomic E-state index is -0.706. The Morgan fingerprint density at radius 3 is 2.84 bits per heavy atom. The number of amidine groups is 1. The van der Waals surface area contributed by atoms with E-state index in [1.807, 2.05) is 0 Å². The summed E-state index contributed by atoms with van der Waals surface area (Å²) in [6.07, 6.45) is 2.14. The third kappa shape index (κ3) is 4.41. The van der Waals surface area contributed by atoms with Crippen LogP contribution >= 0.6 is 11.8 Å². The molecule has 1 aromatic rings. The largest absolute Gasteiger partial charge is 0.502 e. The third-order valence-corrected chi connectivity index (χ3v) is 3.81. The van der Waals surface area contributed by atoms with E-state index in [4.69, 9.17) is 0 Å². The number of methoxy groups -OCH3 is 1. The van der Waals surface area contributed by atoms with Crippen LogP contribution in [0.2, 0.25) is 0 Å². The zero-order chi connectivity index (χ0) is 18.6. The lowest BCUT2D eigenvalue weighted by Crippen LogP contribution is -2.19. The van der Waals surface area contributed by atoms with Crippen molar-refractivity contribution in [2.75, 3.05) is 7.11 Å². The van der Waals surface area contributed by atoms with Crippen molar-refractivity contribution in [1.29, 1.82) is 0 Å². The van der Waals surface area contributed by atoms with Crippen LogP contribution in [0.5, 0.6) is 5.75 Å². The van der Waals surface area contributed by atoms with Crippen molar-refractivity contribution in [2.45, 2.75) is 6.92 Å². The number of hydrogen-bond acceptors (Lipinski definition) is 9. The first kappa shape index (κ1) is 18.1. The SMILES string of the molecule is COC(=O)/C=C1/S/C(=N\N=Cc2cc(C)cc([N+](=O)[O-])c2O)NC1=O. The number of benzene rings is 1. The Labute approximate surface area is 145 Å². The number of nitrogens with one attached hydrogen (secondary N) is 1. The molecule has 1 amide bonds. The molecular formula is C14H12N4O6S. The van der Waals surface area contributed by atoms with Gasteiger partial charge in [-0.2, -0.15) is 5.10 Å². The van der Waals surface area contributed by atoms with E-state index in [-0.39, 0.29) is 15.6 Å². The number of amides is 1. The van der Waals surface area contributed by atoms with Crippen molar-refractivity contribution in [1.82, 2.24) is 5.32 Å². The molecule has 10 nitrogen and oxygen atoms in total. The first-order valence-electron chi connectivity index (χ1n) is 6.69. The van der Waals surface area contributed by atoms with Crippen LogP contribution in [-0.4, -0.2) is 40.4 Å². The topological polar surface area (TPSA) is 143 Å². The van der Waals surface area contributed by atoms with E-state index in [9.17, 15) is 24.8 Å². The van der Waals surface area contributed by atoms with E-state index < -0.39 is 28.2 Å². The maximum absolute atomic E-state index is 11.6. The maximum atomic E-state index is 11.6. The molecule has 0 spiro atoms. The Bertz CT molecular complexity index is 846. The molecule has 0 unspecified atom stereocenters. The van der Waals surface area contributed by atoms with E-state index in [0.29, 0.717) is 5.56 Å². The zero-order valence-corrected chi connectivity index (χ0v) is 13.9. The second-order valence-electron chi connectivity index (χ2n) is 4.72. The Hall–Kier alpha value is -3.21. The second kappa shape index (κ2) is 7.57. The lowest BCUT2D eigenvalue weighted by molar-refractivity contribution is -0.385. The summed E-state index contributed by atoms with van der Waals surface area (Å²) in [6.45, 7) is 1.63. The van der Waals surface area contributed by atoms with Crippen LogP contribution < -0.4 is 5.32 Å². The average Bonchev–Trinajstić information content (AvgIpc) is 2.89. The summed E-state index contributed by atoms with van der Waals surface area (Å²) in [5, 5.41) is 30.7. The van der Waals surface area contributed by atoms with Crippen LogP contribution in [0.4, 0.5) is 5.69 Å². The number of thioether (sulfide) groups is 1. The van der Waals surface area contributed by atoms with Crippen molar-refractivity contribution >= 4 is 40.7 Å². The fraction of sp³-hybridized carbons (Fsp3) is 0.143. The molecule has 1 aliphatic rings. The van der Waals surface area contributed by atoms with Crippen LogP contribution in [-0.2, 0) is 14.3 Å². The Morgan fingerprint density at radius 1 is 1.48 bits per heavy atom. The molecule has 2 rings (SSSR count). The van der Waals surface area contributed by atoms with Gasteiger partial charge in [0, 0.05) is 17.7 Å². The quantitative estimate of drug-likeness (QED) is 0.269. The number of phenols is 1. The van der Waals surface area contributed by atoms with E-state index in [0.717, 1.165) is 24.1 Å². The van der Waals surface area contributed by atoms with E-state index in [1.165, 1.54) is 19.2 Å². The number of hydrogen-bond donors (Lipinski definition) is 2. The first-order valence-corrected chi connectivity index (χ1v) is 7.51. The zero-order valence-electron chi connectivity index (χ0n) is 13.0. The van der Waals surface area contributed by atoms with Gasteiger partial charge in [-0.05, 0) is 30.3 Å². The fourth-order valence-corrected chi connectivity index (χ4v) is 2.55. The number of rotatable bonds is 4. The number of carbonyl (C=O) groups is 2. The molecule has 0 bridgehead atoms. The van der Waals surface area contributed by atoms with Gasteiger partial charge < -0.3 is 9.84 Å². The van der Waals surface area contributed by atoms with Crippen LogP contribution in [0, 0.1) is 17.0 Å². The van der Waals surface area contributed by atoms with Gasteiger partial charge in [0.25, 0.3) is 5.91 Å². The number of carbonyl (C=O) groups excluding carboxylic acids is 2. The molecule has 11 heteroatoms. The summed E-state index contributed by atoms with van der Waals surface area (Å²) < 4.78 is 4.43. The number of phenolic OH excluding ortho intramolecular Hbond substituents is 1. The molecule has 1 aliphatic heterocycles. The van der Waals surface area contributed by atoms with E-state index in [2.05, 4.69) is 20.3 Å². The number of aromatic hydroxyl groups is 1. The summed E-state index contributed by atoms with van der Waals surface area (Å²) in [5.74, 6) is -1.74. The van der Waals surface area contributed by atoms with Crippen LogP contribution in [0.1, 0.15) is 11.1 Å². The van der Waals surface area contributed by atoms with Crippen molar-refractivity contribution < 1.29 is 24.4 Å². The van der Waals surface area contributed by atoms with Crippen LogP contribution in [0.3, 0.4) is 0 Å². The summed E-state index contributed by atoms with van der Waals surface area (Å²) in [6, 6.07) is 2.73. The predicted octanol–water partition coefficient (Wildman–Crippen LogP) is 1.22. The Kier molecular flexibility index (Phi) is 5.49. The molecule has 0 aliphatic carbocycles. The summed E-state index contributed by atoms with van der Waals surface area (Å²) >= 11 is 0.878. The summed E-state index contributed by atoms with van der Waals surface area (Å²) in [4.78, 5) is 33.0. The molecule has 0 radical (unpaired) electrons. The fourth-order valence-electron chi connectivity index (χ4n) is 1.81. The average molecular weight is 364 g/mol. The number of nitrogens with zero attached hydrogens (tertiary/aromatic N) is 3. The molecule has 25 heavy (non-hydrogen) atoms. The number of aryl methyl sites for hydroxylation is 1. The number of esters is 1. The van der Waals surface area contributed by atoms with Gasteiger partial charge >= 0.3 is 11.7 Å². The second-order valence-corrected chi connectivity index (χ2v) is 5.75. The lowest BCUT2D eigenvalue weighted by Gasteiger charge is -2.01. The minimum Gasteiger partial charge on any atom is -0.502 e. The van der Waals surface area contributed by atoms with E-state index in [1.54, 1.807) is 6.92 Å². The summed E-state index contributed by atoms with van der Waals surface area (Å²) in [7, 11) is 1.18. The molecular weight excluding hydrogens is 352 g/mol. The number of nitro benzene ring substituents is 1. The molecule has 130 valence electrons. The molecule has 0 saturated carbocycles. The van der Waals surface area contributed by atoms with E-state index >= 15 is 0 Å². The monoisotopic (exact) mass is 364 g/mol. The number of ether oxygens (including phenoxy) is 1. The van der Waals surface area contributed by atoms with Gasteiger partial charge in [-0.3, -0.25) is 20.2 Å². The van der Waals surface area contributed by atoms with Gasteiger partial charge in [0.15, 0.2) is 5.17 Å². The van der Waals surface area contributed by atoms with Crippen molar-refractivity contribution in [3.8, 4) is 5.75 Å². The van der Waals surface area contributed by atoms with Crippen molar-refractivity contribution in [3.63, 3.8) is 0 Å². The molecule has 0 atom stereocenters. The van der Waals surface area contributed by atoms with Gasteiger partial charge in [0.05, 0.1) is 23.2 Å². The standard InChI is InChI=1S/C14H12N4O6S/c1-7-3-8(12(20)9(4-7)18(22)23)6-15-17-14-16-13(21)10(25-14)5-11(19)24-2/h3-6,20H,1-2H3,(H,16,17,21)/b10-5+,15-6?. The van der Waals surface area contributed by atoms with Crippen molar-refractivity contribution in [3.05, 3.63) is 44.4 Å². The molecule has 2 N–H and O–H groups in total. The highest BCUT2D eigenvalue weighted by molar-refractivity contribution is 8.18. The normalized spacial score (nSPS) is 17.3. The third-order valence-electron chi connectivity index (χ3n) is 2.91. The summed E-state index contributed by atoms with van der Waals surface area (Å²) in [5.41, 5.74) is 0.224. The first-order chi connectivity index (χ1) is 11.8. The predicted molar refractivity (Wildman–Crippen MR) is 90.4 cm³/mol. The molecule has 1 saturated heterocycles.